The monoisotopic (exact) mass is 254 g/mol. The second-order valence-electron chi connectivity index (χ2n) is 3.94. The summed E-state index contributed by atoms with van der Waals surface area (Å²) in [5, 5.41) is 13.9. The highest BCUT2D eigenvalue weighted by Gasteiger charge is 2.27. The molecule has 2 heterocycles. The van der Waals surface area contributed by atoms with Gasteiger partial charge in [-0.25, -0.2) is 10.8 Å². The van der Waals surface area contributed by atoms with Crippen LogP contribution in [-0.2, 0) is 4.74 Å². The first-order valence-electron chi connectivity index (χ1n) is 5.48. The largest absolute Gasteiger partial charge is 0.376 e. The summed E-state index contributed by atoms with van der Waals surface area (Å²) in [5.41, 5.74) is 2.07. The first-order valence-corrected chi connectivity index (χ1v) is 5.48. The van der Waals surface area contributed by atoms with Crippen LogP contribution in [0, 0.1) is 10.1 Å². The van der Waals surface area contributed by atoms with E-state index in [0.717, 1.165) is 12.6 Å². The molecule has 2 atom stereocenters. The van der Waals surface area contributed by atoms with Gasteiger partial charge in [0.05, 0.1) is 17.1 Å². The number of hydrazine groups is 1. The first-order chi connectivity index (χ1) is 8.61. The van der Waals surface area contributed by atoms with E-state index >= 15 is 0 Å². The lowest BCUT2D eigenvalue weighted by Gasteiger charge is -2.16. The summed E-state index contributed by atoms with van der Waals surface area (Å²) in [6.07, 6.45) is 1.87. The molecule has 4 N–H and O–H groups in total. The Morgan fingerprint density at radius 1 is 1.67 bits per heavy atom. The molecule has 1 aliphatic heterocycles. The number of nitrogens with zero attached hydrogens (tertiary/aromatic N) is 3. The first kappa shape index (κ1) is 12.5. The maximum Gasteiger partial charge on any atom is 0.329 e. The van der Waals surface area contributed by atoms with E-state index in [0.29, 0.717) is 6.61 Å². The number of ether oxygens (including phenoxy) is 1. The molecule has 18 heavy (non-hydrogen) atoms. The molecule has 0 amide bonds. The summed E-state index contributed by atoms with van der Waals surface area (Å²) in [4.78, 5) is 18.0. The van der Waals surface area contributed by atoms with Gasteiger partial charge in [0.2, 0.25) is 11.8 Å². The lowest BCUT2D eigenvalue weighted by atomic mass is 10.1. The molecule has 0 aromatic carbocycles. The quantitative estimate of drug-likeness (QED) is 0.396. The van der Waals surface area contributed by atoms with E-state index in [1.165, 1.54) is 0 Å². The average molecular weight is 254 g/mol. The van der Waals surface area contributed by atoms with Crippen LogP contribution in [0.3, 0.4) is 0 Å². The van der Waals surface area contributed by atoms with Gasteiger partial charge in [0.15, 0.2) is 0 Å². The van der Waals surface area contributed by atoms with E-state index in [2.05, 4.69) is 20.7 Å². The minimum Gasteiger partial charge on any atom is -0.376 e. The third-order valence-corrected chi connectivity index (χ3v) is 2.79. The minimum absolute atomic E-state index is 0.00998. The molecule has 2 unspecified atom stereocenters. The zero-order valence-corrected chi connectivity index (χ0v) is 9.79. The molecule has 9 heteroatoms. The van der Waals surface area contributed by atoms with Gasteiger partial charge < -0.3 is 10.1 Å². The van der Waals surface area contributed by atoms with Crippen molar-refractivity contribution in [2.24, 2.45) is 5.84 Å². The maximum atomic E-state index is 10.9. The fraction of sp³-hybridized carbons (Fsp3) is 0.556. The van der Waals surface area contributed by atoms with Crippen molar-refractivity contribution in [3.8, 4) is 0 Å². The molecule has 2 rings (SSSR count). The van der Waals surface area contributed by atoms with Crippen molar-refractivity contribution < 1.29 is 9.66 Å². The minimum atomic E-state index is -0.539. The highest BCUT2D eigenvalue weighted by Crippen LogP contribution is 2.25. The number of hydrogen-bond donors (Lipinski definition) is 3. The van der Waals surface area contributed by atoms with Crippen molar-refractivity contribution in [1.82, 2.24) is 9.97 Å². The van der Waals surface area contributed by atoms with Crippen molar-refractivity contribution in [3.63, 3.8) is 0 Å². The predicted octanol–water partition coefficient (Wildman–Crippen LogP) is 0.260. The Hall–Kier alpha value is -2.00. The molecule has 1 aliphatic rings. The zero-order valence-electron chi connectivity index (χ0n) is 9.79. The van der Waals surface area contributed by atoms with E-state index in [1.807, 2.05) is 6.92 Å². The lowest BCUT2D eigenvalue weighted by molar-refractivity contribution is -0.384. The number of anilines is 2. The summed E-state index contributed by atoms with van der Waals surface area (Å²) in [6.45, 7) is 2.53. The van der Waals surface area contributed by atoms with Crippen molar-refractivity contribution >= 4 is 17.5 Å². The molecule has 0 bridgehead atoms. The van der Waals surface area contributed by atoms with Gasteiger partial charge in [-0.05, 0) is 13.3 Å². The normalized spacial score (nSPS) is 22.8. The molecular weight excluding hydrogens is 240 g/mol. The van der Waals surface area contributed by atoms with Crippen LogP contribution in [-0.4, -0.2) is 33.6 Å². The molecule has 1 aromatic rings. The number of rotatable bonds is 4. The van der Waals surface area contributed by atoms with E-state index in [9.17, 15) is 10.1 Å². The van der Waals surface area contributed by atoms with Crippen molar-refractivity contribution in [2.75, 3.05) is 17.3 Å². The van der Waals surface area contributed by atoms with Crippen LogP contribution in [0.4, 0.5) is 17.5 Å². The molecule has 9 nitrogen and oxygen atoms in total. The SMILES string of the molecule is CC1OCCC1Nc1nc(NN)ncc1[N+](=O)[O-]. The molecule has 0 aliphatic carbocycles. The van der Waals surface area contributed by atoms with Gasteiger partial charge in [-0.3, -0.25) is 15.5 Å². The van der Waals surface area contributed by atoms with Crippen LogP contribution < -0.4 is 16.6 Å². The van der Waals surface area contributed by atoms with Gasteiger partial charge >= 0.3 is 5.69 Å². The second-order valence-corrected chi connectivity index (χ2v) is 3.94. The van der Waals surface area contributed by atoms with Crippen molar-refractivity contribution in [2.45, 2.75) is 25.5 Å². The maximum absolute atomic E-state index is 10.9. The fourth-order valence-corrected chi connectivity index (χ4v) is 1.78. The molecule has 0 radical (unpaired) electrons. The number of nitrogen functional groups attached to an aromatic ring is 1. The third kappa shape index (κ3) is 2.46. The summed E-state index contributed by atoms with van der Waals surface area (Å²) < 4.78 is 5.38. The van der Waals surface area contributed by atoms with Crippen LogP contribution in [0.1, 0.15) is 13.3 Å². The van der Waals surface area contributed by atoms with Crippen molar-refractivity contribution in [3.05, 3.63) is 16.3 Å². The topological polar surface area (TPSA) is 128 Å². The highest BCUT2D eigenvalue weighted by atomic mass is 16.6. The van der Waals surface area contributed by atoms with Gasteiger partial charge in [-0.15, -0.1) is 0 Å². The molecular formula is C9H14N6O3. The van der Waals surface area contributed by atoms with Gasteiger partial charge in [-0.1, -0.05) is 0 Å². The van der Waals surface area contributed by atoms with Crippen molar-refractivity contribution in [1.29, 1.82) is 0 Å². The summed E-state index contributed by atoms with van der Waals surface area (Å²) >= 11 is 0. The number of nitrogens with one attached hydrogen (secondary N) is 2. The van der Waals surface area contributed by atoms with Gasteiger partial charge in [0.1, 0.15) is 6.20 Å². The van der Waals surface area contributed by atoms with Gasteiger partial charge in [0, 0.05) is 6.61 Å². The van der Waals surface area contributed by atoms with Crippen LogP contribution in [0.2, 0.25) is 0 Å². The molecule has 98 valence electrons. The lowest BCUT2D eigenvalue weighted by Crippen LogP contribution is -2.28. The molecule has 1 saturated heterocycles. The third-order valence-electron chi connectivity index (χ3n) is 2.79. The zero-order chi connectivity index (χ0) is 13.1. The van der Waals surface area contributed by atoms with Gasteiger partial charge in [-0.2, -0.15) is 4.98 Å². The molecule has 1 aromatic heterocycles. The van der Waals surface area contributed by atoms with Crippen LogP contribution in [0.5, 0.6) is 0 Å². The fourth-order valence-electron chi connectivity index (χ4n) is 1.78. The number of hydrogen-bond acceptors (Lipinski definition) is 8. The Labute approximate surface area is 103 Å². The Morgan fingerprint density at radius 2 is 2.44 bits per heavy atom. The number of nitro groups is 1. The van der Waals surface area contributed by atoms with Crippen LogP contribution >= 0.6 is 0 Å². The van der Waals surface area contributed by atoms with E-state index in [-0.39, 0.29) is 29.6 Å². The highest BCUT2D eigenvalue weighted by molar-refractivity contribution is 5.57. The summed E-state index contributed by atoms with van der Waals surface area (Å²) in [5.74, 6) is 5.45. The smallest absolute Gasteiger partial charge is 0.329 e. The summed E-state index contributed by atoms with van der Waals surface area (Å²) in [6, 6.07) is -0.00998. The van der Waals surface area contributed by atoms with E-state index in [4.69, 9.17) is 10.6 Å². The van der Waals surface area contributed by atoms with Gasteiger partial charge in [0.25, 0.3) is 0 Å². The Morgan fingerprint density at radius 3 is 3.00 bits per heavy atom. The Balaban J connectivity index is 2.25. The van der Waals surface area contributed by atoms with E-state index < -0.39 is 4.92 Å². The number of nitrogens with two attached hydrogens (primary N) is 1. The predicted molar refractivity (Wildman–Crippen MR) is 63.9 cm³/mol. The number of aromatic nitrogens is 2. The standard InChI is InChI=1S/C9H14N6O3/c1-5-6(2-3-18-5)12-8-7(15(16)17)4-11-9(13-8)14-10/h4-6H,2-3,10H2,1H3,(H2,11,12,13,14). The molecule has 0 spiro atoms. The van der Waals surface area contributed by atoms with Crippen LogP contribution in [0.15, 0.2) is 6.20 Å². The summed E-state index contributed by atoms with van der Waals surface area (Å²) in [7, 11) is 0. The Kier molecular flexibility index (Phi) is 3.53. The molecule has 1 fully saturated rings. The average Bonchev–Trinajstić information content (AvgIpc) is 2.74. The van der Waals surface area contributed by atoms with Crippen LogP contribution in [0.25, 0.3) is 0 Å². The second kappa shape index (κ2) is 5.10. The van der Waals surface area contributed by atoms with E-state index in [1.54, 1.807) is 0 Å². The molecule has 0 saturated carbocycles. The Bertz CT molecular complexity index is 454.